The van der Waals surface area contributed by atoms with Gasteiger partial charge in [-0.1, -0.05) is 18.0 Å². The number of nitrogens with one attached hydrogen (secondary N) is 1. The van der Waals surface area contributed by atoms with Crippen LogP contribution < -0.4 is 5.43 Å². The molecular formula is C16H16ClN3O4. The minimum Gasteiger partial charge on any atom is -0.451 e. The smallest absolute Gasteiger partial charge is 0.301 e. The van der Waals surface area contributed by atoms with Crippen LogP contribution in [0.25, 0.3) is 11.3 Å². The fourth-order valence-electron chi connectivity index (χ4n) is 2.63. The lowest BCUT2D eigenvalue weighted by atomic mass is 10.1. The van der Waals surface area contributed by atoms with Gasteiger partial charge < -0.3 is 4.42 Å². The van der Waals surface area contributed by atoms with E-state index in [2.05, 4.69) is 5.43 Å². The van der Waals surface area contributed by atoms with Crippen molar-refractivity contribution in [2.24, 2.45) is 0 Å². The average Bonchev–Trinajstić information content (AvgIpc) is 3.05. The van der Waals surface area contributed by atoms with Crippen LogP contribution in [0.2, 0.25) is 5.02 Å². The summed E-state index contributed by atoms with van der Waals surface area (Å²) in [7, 11) is 0. The van der Waals surface area contributed by atoms with Gasteiger partial charge in [0.25, 0.3) is 5.69 Å². The van der Waals surface area contributed by atoms with Crippen LogP contribution in [-0.4, -0.2) is 28.9 Å². The molecule has 1 aromatic carbocycles. The number of non-ortho nitro benzene ring substituents is 1. The number of carbonyl (C=O) groups excluding carboxylic acids is 1. The van der Waals surface area contributed by atoms with Crippen LogP contribution in [0.3, 0.4) is 0 Å². The molecule has 3 rings (SSSR count). The number of amides is 1. The summed E-state index contributed by atoms with van der Waals surface area (Å²) in [5.41, 5.74) is 3.22. The van der Waals surface area contributed by atoms with E-state index in [4.69, 9.17) is 16.0 Å². The second-order valence-corrected chi connectivity index (χ2v) is 5.98. The number of halogens is 1. The summed E-state index contributed by atoms with van der Waals surface area (Å²) in [6.07, 6.45) is 3.29. The molecule has 2 aromatic rings. The Kier molecular flexibility index (Phi) is 4.82. The third kappa shape index (κ3) is 3.58. The van der Waals surface area contributed by atoms with E-state index >= 15 is 0 Å². The first-order valence-corrected chi connectivity index (χ1v) is 8.02. The zero-order valence-corrected chi connectivity index (χ0v) is 13.6. The quantitative estimate of drug-likeness (QED) is 0.672. The molecule has 24 heavy (non-hydrogen) atoms. The van der Waals surface area contributed by atoms with E-state index in [1.165, 1.54) is 24.6 Å². The topological polar surface area (TPSA) is 88.6 Å². The lowest BCUT2D eigenvalue weighted by Crippen LogP contribution is -2.44. The molecule has 0 aliphatic carbocycles. The van der Waals surface area contributed by atoms with Gasteiger partial charge in [-0.05, 0) is 31.0 Å². The molecule has 0 radical (unpaired) electrons. The van der Waals surface area contributed by atoms with Crippen LogP contribution in [0.4, 0.5) is 5.69 Å². The molecule has 1 N–H and O–H groups in total. The molecule has 1 amide bonds. The molecule has 0 unspecified atom stereocenters. The lowest BCUT2D eigenvalue weighted by molar-refractivity contribution is -0.384. The summed E-state index contributed by atoms with van der Waals surface area (Å²) in [4.78, 5) is 22.4. The lowest BCUT2D eigenvalue weighted by Gasteiger charge is -2.26. The first kappa shape index (κ1) is 16.5. The number of carbonyl (C=O) groups is 1. The van der Waals surface area contributed by atoms with Crippen LogP contribution in [0.1, 0.15) is 29.8 Å². The zero-order valence-electron chi connectivity index (χ0n) is 12.8. The number of benzene rings is 1. The first-order valence-electron chi connectivity index (χ1n) is 7.64. The van der Waals surface area contributed by atoms with Crippen LogP contribution in [0.15, 0.2) is 34.7 Å². The standard InChI is InChI=1S/C16H16ClN3O4/c17-13-10-11(20(22)23)4-5-12(13)14-6-7-15(24-14)16(21)18-19-8-2-1-3-9-19/h4-7,10H,1-3,8-9H2,(H,18,21). The van der Waals surface area contributed by atoms with Gasteiger partial charge in [0.15, 0.2) is 5.76 Å². The van der Waals surface area contributed by atoms with Crippen LogP contribution >= 0.6 is 11.6 Å². The maximum atomic E-state index is 12.2. The summed E-state index contributed by atoms with van der Waals surface area (Å²) < 4.78 is 5.56. The highest BCUT2D eigenvalue weighted by molar-refractivity contribution is 6.33. The Hall–Kier alpha value is -2.38. The fraction of sp³-hybridized carbons (Fsp3) is 0.312. The van der Waals surface area contributed by atoms with Crippen molar-refractivity contribution in [2.45, 2.75) is 19.3 Å². The molecule has 7 nitrogen and oxygen atoms in total. The van der Waals surface area contributed by atoms with Crippen molar-refractivity contribution >= 4 is 23.2 Å². The summed E-state index contributed by atoms with van der Waals surface area (Å²) in [5.74, 6) is 0.241. The van der Waals surface area contributed by atoms with Crippen LogP contribution in [0, 0.1) is 10.1 Å². The van der Waals surface area contributed by atoms with Gasteiger partial charge in [-0.15, -0.1) is 0 Å². The normalized spacial score (nSPS) is 15.2. The number of nitro groups is 1. The Labute approximate surface area is 143 Å². The van der Waals surface area contributed by atoms with E-state index in [1.54, 1.807) is 12.1 Å². The van der Waals surface area contributed by atoms with Gasteiger partial charge in [-0.3, -0.25) is 20.3 Å². The summed E-state index contributed by atoms with van der Waals surface area (Å²) >= 11 is 6.08. The van der Waals surface area contributed by atoms with Gasteiger partial charge in [0, 0.05) is 30.8 Å². The molecule has 0 bridgehead atoms. The van der Waals surface area contributed by atoms with E-state index < -0.39 is 4.92 Å². The van der Waals surface area contributed by atoms with E-state index in [1.807, 2.05) is 5.01 Å². The van der Waals surface area contributed by atoms with Crippen molar-refractivity contribution in [3.8, 4) is 11.3 Å². The van der Waals surface area contributed by atoms with Gasteiger partial charge in [0.2, 0.25) is 0 Å². The van der Waals surface area contributed by atoms with E-state index in [0.717, 1.165) is 25.9 Å². The van der Waals surface area contributed by atoms with E-state index in [9.17, 15) is 14.9 Å². The minimum absolute atomic E-state index is 0.0987. The monoisotopic (exact) mass is 349 g/mol. The van der Waals surface area contributed by atoms with Crippen molar-refractivity contribution in [1.29, 1.82) is 0 Å². The molecular weight excluding hydrogens is 334 g/mol. The Morgan fingerprint density at radius 3 is 2.62 bits per heavy atom. The van der Waals surface area contributed by atoms with Crippen molar-refractivity contribution in [2.75, 3.05) is 13.1 Å². The highest BCUT2D eigenvalue weighted by Crippen LogP contribution is 2.32. The Morgan fingerprint density at radius 2 is 1.96 bits per heavy atom. The summed E-state index contributed by atoms with van der Waals surface area (Å²) in [5, 5.41) is 12.8. The second kappa shape index (κ2) is 7.02. The summed E-state index contributed by atoms with van der Waals surface area (Å²) in [6, 6.07) is 7.29. The Bertz CT molecular complexity index is 768. The van der Waals surface area contributed by atoms with Crippen molar-refractivity contribution < 1.29 is 14.1 Å². The van der Waals surface area contributed by atoms with Gasteiger partial charge in [0.05, 0.1) is 9.95 Å². The number of hydrogen-bond acceptors (Lipinski definition) is 5. The number of nitro benzene ring substituents is 1. The van der Waals surface area contributed by atoms with Gasteiger partial charge >= 0.3 is 5.91 Å². The predicted octanol–water partition coefficient (Wildman–Crippen LogP) is 3.64. The molecule has 8 heteroatoms. The third-order valence-electron chi connectivity index (χ3n) is 3.87. The van der Waals surface area contributed by atoms with E-state index in [-0.39, 0.29) is 22.4 Å². The minimum atomic E-state index is -0.519. The maximum Gasteiger partial charge on any atom is 0.301 e. The van der Waals surface area contributed by atoms with Crippen LogP contribution in [-0.2, 0) is 0 Å². The van der Waals surface area contributed by atoms with Crippen molar-refractivity contribution in [1.82, 2.24) is 10.4 Å². The molecule has 1 aliphatic rings. The van der Waals surface area contributed by atoms with Crippen molar-refractivity contribution in [3.05, 3.63) is 51.2 Å². The molecule has 1 aliphatic heterocycles. The zero-order chi connectivity index (χ0) is 17.1. The molecule has 126 valence electrons. The molecule has 2 heterocycles. The SMILES string of the molecule is O=C(NN1CCCCC1)c1ccc(-c2ccc([N+](=O)[O-])cc2Cl)o1. The molecule has 1 fully saturated rings. The maximum absolute atomic E-state index is 12.2. The molecule has 0 spiro atoms. The van der Waals surface area contributed by atoms with Crippen molar-refractivity contribution in [3.63, 3.8) is 0 Å². The molecule has 0 saturated carbocycles. The fourth-order valence-corrected chi connectivity index (χ4v) is 2.89. The highest BCUT2D eigenvalue weighted by atomic mass is 35.5. The largest absolute Gasteiger partial charge is 0.451 e. The first-order chi connectivity index (χ1) is 11.5. The molecule has 1 saturated heterocycles. The average molecular weight is 350 g/mol. The Balaban J connectivity index is 1.75. The second-order valence-electron chi connectivity index (χ2n) is 5.57. The number of hydrogen-bond donors (Lipinski definition) is 1. The number of furan rings is 1. The molecule has 1 aromatic heterocycles. The highest BCUT2D eigenvalue weighted by Gasteiger charge is 2.19. The molecule has 0 atom stereocenters. The van der Waals surface area contributed by atoms with Crippen LogP contribution in [0.5, 0.6) is 0 Å². The van der Waals surface area contributed by atoms with Gasteiger partial charge in [0.1, 0.15) is 5.76 Å². The summed E-state index contributed by atoms with van der Waals surface area (Å²) in [6.45, 7) is 1.65. The Morgan fingerprint density at radius 1 is 1.21 bits per heavy atom. The third-order valence-corrected chi connectivity index (χ3v) is 4.19. The van der Waals surface area contributed by atoms with E-state index in [0.29, 0.717) is 11.3 Å². The number of nitrogens with zero attached hydrogens (tertiary/aromatic N) is 2. The van der Waals surface area contributed by atoms with Gasteiger partial charge in [-0.2, -0.15) is 0 Å². The number of piperidine rings is 1. The number of rotatable bonds is 4. The number of hydrazine groups is 1. The predicted molar refractivity (Wildman–Crippen MR) is 88.7 cm³/mol. The van der Waals surface area contributed by atoms with Gasteiger partial charge in [-0.25, -0.2) is 5.01 Å².